The molecule has 0 atom stereocenters. The molecule has 11 nitrogen and oxygen atoms in total. The van der Waals surface area contributed by atoms with Crippen LogP contribution in [0.5, 0.6) is 17.2 Å². The number of carbonyl (C=O) groups is 1. The van der Waals surface area contributed by atoms with Gasteiger partial charge < -0.3 is 14.8 Å². The van der Waals surface area contributed by atoms with E-state index in [1.165, 1.54) is 31.4 Å². The first kappa shape index (κ1) is 26.4. The van der Waals surface area contributed by atoms with Crippen molar-refractivity contribution >= 4 is 23.4 Å². The quantitative estimate of drug-likeness (QED) is 0.127. The molecule has 3 rings (SSSR count). The normalized spacial score (nSPS) is 10.8. The number of nitriles is 1. The maximum absolute atomic E-state index is 12.5. The molecule has 0 aliphatic heterocycles. The molecule has 1 N–H and O–H groups in total. The van der Waals surface area contributed by atoms with Crippen LogP contribution in [-0.4, -0.2) is 29.4 Å². The van der Waals surface area contributed by atoms with Gasteiger partial charge in [0.05, 0.1) is 23.0 Å². The zero-order chi connectivity index (χ0) is 26.8. The highest BCUT2D eigenvalue weighted by Crippen LogP contribution is 2.38. The standard InChI is InChI=1S/C26H22N4O7/c1-36-25-15-19(14-20(17-27)26(31)28-13-5-8-18-6-3-2-4-7-18)9-11-24(25)37-23-12-10-21(29(32)33)16-22(23)30(34)35/h2-4,6-7,9-12,14-16H,5,8,13H2,1H3,(H,28,31)/b20-14-. The number of nitrogens with zero attached hydrogens (tertiary/aromatic N) is 3. The summed E-state index contributed by atoms with van der Waals surface area (Å²) >= 11 is 0. The van der Waals surface area contributed by atoms with Crippen molar-refractivity contribution in [3.63, 3.8) is 0 Å². The molecular formula is C26H22N4O7. The smallest absolute Gasteiger partial charge is 0.318 e. The lowest BCUT2D eigenvalue weighted by Crippen LogP contribution is -2.25. The number of benzene rings is 3. The number of nitro benzene ring substituents is 2. The summed E-state index contributed by atoms with van der Waals surface area (Å²) in [4.78, 5) is 33.2. The SMILES string of the molecule is COc1cc(/C=C(/C#N)C(=O)NCCCc2ccccc2)ccc1Oc1ccc([N+](=O)[O-])cc1[N+](=O)[O-]. The summed E-state index contributed by atoms with van der Waals surface area (Å²) in [7, 11) is 1.35. The first-order chi connectivity index (χ1) is 17.8. The molecule has 3 aromatic carbocycles. The van der Waals surface area contributed by atoms with Gasteiger partial charge in [-0.25, -0.2) is 0 Å². The van der Waals surface area contributed by atoms with Crippen LogP contribution in [-0.2, 0) is 11.2 Å². The highest BCUT2D eigenvalue weighted by molar-refractivity contribution is 6.01. The molecule has 0 bridgehead atoms. The third kappa shape index (κ3) is 7.12. The molecule has 0 aromatic heterocycles. The van der Waals surface area contributed by atoms with E-state index in [0.717, 1.165) is 30.2 Å². The van der Waals surface area contributed by atoms with E-state index in [-0.39, 0.29) is 22.8 Å². The van der Waals surface area contributed by atoms with Crippen molar-refractivity contribution in [1.82, 2.24) is 5.32 Å². The van der Waals surface area contributed by atoms with Gasteiger partial charge in [-0.1, -0.05) is 36.4 Å². The fourth-order valence-corrected chi connectivity index (χ4v) is 3.37. The Morgan fingerprint density at radius 1 is 1.00 bits per heavy atom. The minimum atomic E-state index is -0.788. The monoisotopic (exact) mass is 502 g/mol. The number of nitrogens with one attached hydrogen (secondary N) is 1. The summed E-state index contributed by atoms with van der Waals surface area (Å²) in [6, 6.07) is 19.2. The van der Waals surface area contributed by atoms with E-state index in [0.29, 0.717) is 18.5 Å². The molecule has 0 aliphatic carbocycles. The zero-order valence-corrected chi connectivity index (χ0v) is 19.7. The predicted molar refractivity (Wildman–Crippen MR) is 134 cm³/mol. The Hall–Kier alpha value is -5.24. The molecule has 37 heavy (non-hydrogen) atoms. The van der Waals surface area contributed by atoms with Crippen molar-refractivity contribution in [2.24, 2.45) is 0 Å². The maximum Gasteiger partial charge on any atom is 0.318 e. The van der Waals surface area contributed by atoms with Crippen LogP contribution < -0.4 is 14.8 Å². The van der Waals surface area contributed by atoms with E-state index in [2.05, 4.69) is 5.32 Å². The van der Waals surface area contributed by atoms with Crippen LogP contribution in [0.25, 0.3) is 6.08 Å². The summed E-state index contributed by atoms with van der Waals surface area (Å²) in [5.41, 5.74) is 0.464. The molecule has 0 saturated carbocycles. The van der Waals surface area contributed by atoms with Gasteiger partial charge in [0.2, 0.25) is 5.75 Å². The zero-order valence-electron chi connectivity index (χ0n) is 19.7. The Bertz CT molecular complexity index is 1380. The van der Waals surface area contributed by atoms with Crippen molar-refractivity contribution < 1.29 is 24.1 Å². The number of hydrogen-bond donors (Lipinski definition) is 1. The second-order valence-electron chi connectivity index (χ2n) is 7.69. The number of non-ortho nitro benzene ring substituents is 1. The van der Waals surface area contributed by atoms with Crippen LogP contribution in [0.3, 0.4) is 0 Å². The molecule has 3 aromatic rings. The summed E-state index contributed by atoms with van der Waals surface area (Å²) in [5.74, 6) is -0.469. The molecule has 0 saturated heterocycles. The topological polar surface area (TPSA) is 158 Å². The Morgan fingerprint density at radius 2 is 1.73 bits per heavy atom. The highest BCUT2D eigenvalue weighted by atomic mass is 16.6. The van der Waals surface area contributed by atoms with Gasteiger partial charge in [-0.2, -0.15) is 5.26 Å². The van der Waals surface area contributed by atoms with Gasteiger partial charge in [0, 0.05) is 12.6 Å². The molecule has 0 fully saturated rings. The Morgan fingerprint density at radius 3 is 2.38 bits per heavy atom. The third-order valence-electron chi connectivity index (χ3n) is 5.20. The number of hydrogen-bond acceptors (Lipinski definition) is 8. The number of rotatable bonds is 11. The first-order valence-electron chi connectivity index (χ1n) is 11.0. The van der Waals surface area contributed by atoms with Crippen molar-refractivity contribution in [3.8, 4) is 23.3 Å². The van der Waals surface area contributed by atoms with E-state index in [4.69, 9.17) is 9.47 Å². The van der Waals surface area contributed by atoms with Gasteiger partial charge in [0.1, 0.15) is 11.6 Å². The fraction of sp³-hybridized carbons (Fsp3) is 0.154. The average Bonchev–Trinajstić information content (AvgIpc) is 2.90. The minimum absolute atomic E-state index is 0.0977. The Labute approximate surface area is 211 Å². The molecule has 1 amide bonds. The Kier molecular flexibility index (Phi) is 8.88. The number of aryl methyl sites for hydroxylation is 1. The van der Waals surface area contributed by atoms with Crippen molar-refractivity contribution in [1.29, 1.82) is 5.26 Å². The van der Waals surface area contributed by atoms with Gasteiger partial charge in [0.15, 0.2) is 11.5 Å². The van der Waals surface area contributed by atoms with Gasteiger partial charge >= 0.3 is 5.69 Å². The molecule has 188 valence electrons. The predicted octanol–water partition coefficient (Wildman–Crippen LogP) is 4.96. The lowest BCUT2D eigenvalue weighted by atomic mass is 10.1. The van der Waals surface area contributed by atoms with Crippen LogP contribution in [0.1, 0.15) is 17.5 Å². The van der Waals surface area contributed by atoms with Crippen LogP contribution >= 0.6 is 0 Å². The van der Waals surface area contributed by atoms with E-state index < -0.39 is 27.1 Å². The average molecular weight is 502 g/mol. The minimum Gasteiger partial charge on any atom is -0.493 e. The van der Waals surface area contributed by atoms with E-state index in [1.54, 1.807) is 0 Å². The van der Waals surface area contributed by atoms with Gasteiger partial charge in [-0.15, -0.1) is 0 Å². The number of ether oxygens (including phenoxy) is 2. The van der Waals surface area contributed by atoms with Gasteiger partial charge in [0.25, 0.3) is 11.6 Å². The van der Waals surface area contributed by atoms with Crippen molar-refractivity contribution in [2.75, 3.05) is 13.7 Å². The third-order valence-corrected chi connectivity index (χ3v) is 5.20. The van der Waals surface area contributed by atoms with E-state index in [9.17, 15) is 30.3 Å². The summed E-state index contributed by atoms with van der Waals surface area (Å²) in [6.07, 6.45) is 2.88. The molecule has 0 aliphatic rings. The lowest BCUT2D eigenvalue weighted by molar-refractivity contribution is -0.394. The van der Waals surface area contributed by atoms with Crippen molar-refractivity contribution in [3.05, 3.63) is 104 Å². The summed E-state index contributed by atoms with van der Waals surface area (Å²) in [5, 5.41) is 34.5. The van der Waals surface area contributed by atoms with Crippen LogP contribution in [0.2, 0.25) is 0 Å². The number of methoxy groups -OCH3 is 1. The summed E-state index contributed by atoms with van der Waals surface area (Å²) in [6.45, 7) is 0.400. The highest BCUT2D eigenvalue weighted by Gasteiger charge is 2.22. The van der Waals surface area contributed by atoms with Gasteiger partial charge in [-0.3, -0.25) is 25.0 Å². The molecule has 0 unspecified atom stereocenters. The summed E-state index contributed by atoms with van der Waals surface area (Å²) < 4.78 is 10.9. The van der Waals surface area contributed by atoms with Gasteiger partial charge in [-0.05, 0) is 48.2 Å². The maximum atomic E-state index is 12.5. The lowest BCUT2D eigenvalue weighted by Gasteiger charge is -2.11. The van der Waals surface area contributed by atoms with Crippen LogP contribution in [0.15, 0.2) is 72.3 Å². The van der Waals surface area contributed by atoms with Crippen LogP contribution in [0.4, 0.5) is 11.4 Å². The fourth-order valence-electron chi connectivity index (χ4n) is 3.37. The molecular weight excluding hydrogens is 480 g/mol. The second-order valence-corrected chi connectivity index (χ2v) is 7.69. The molecule has 0 radical (unpaired) electrons. The second kappa shape index (κ2) is 12.5. The largest absolute Gasteiger partial charge is 0.493 e. The van der Waals surface area contributed by atoms with Crippen molar-refractivity contribution in [2.45, 2.75) is 12.8 Å². The van der Waals surface area contributed by atoms with E-state index in [1.807, 2.05) is 36.4 Å². The number of nitro groups is 2. The molecule has 11 heteroatoms. The number of amides is 1. The first-order valence-corrected chi connectivity index (χ1v) is 11.0. The number of carbonyl (C=O) groups excluding carboxylic acids is 1. The van der Waals surface area contributed by atoms with Crippen LogP contribution in [0, 0.1) is 31.6 Å². The molecule has 0 heterocycles. The Balaban J connectivity index is 1.72. The van der Waals surface area contributed by atoms with E-state index >= 15 is 0 Å². The molecule has 0 spiro atoms.